The van der Waals surface area contributed by atoms with E-state index in [4.69, 9.17) is 4.74 Å². The Hall–Kier alpha value is -4.19. The maximum Gasteiger partial charge on any atom is 0.415 e. The van der Waals surface area contributed by atoms with Crippen LogP contribution in [0.5, 0.6) is 0 Å². The summed E-state index contributed by atoms with van der Waals surface area (Å²) in [7, 11) is 0. The van der Waals surface area contributed by atoms with Crippen molar-refractivity contribution in [3.05, 3.63) is 69.6 Å². The van der Waals surface area contributed by atoms with Gasteiger partial charge in [-0.1, -0.05) is 26.0 Å². The molecule has 0 spiro atoms. The summed E-state index contributed by atoms with van der Waals surface area (Å²) < 4.78 is 34.7. The minimum Gasteiger partial charge on any atom is -0.443 e. The van der Waals surface area contributed by atoms with Gasteiger partial charge < -0.3 is 9.84 Å². The number of aliphatic hydroxyl groups is 1. The lowest BCUT2D eigenvalue weighted by Crippen LogP contribution is -2.50. The summed E-state index contributed by atoms with van der Waals surface area (Å²) in [4.78, 5) is 56.4. The fraction of sp³-hybridized carbons (Fsp3) is 0.414. The van der Waals surface area contributed by atoms with Crippen LogP contribution in [0.3, 0.4) is 0 Å². The number of amides is 3. The number of aromatic nitrogens is 2. The molecule has 216 valence electrons. The number of hydrogen-bond donors (Lipinski definition) is 2. The van der Waals surface area contributed by atoms with Gasteiger partial charge in [-0.15, -0.1) is 0 Å². The van der Waals surface area contributed by atoms with Gasteiger partial charge in [-0.2, -0.15) is 5.10 Å². The zero-order valence-corrected chi connectivity index (χ0v) is 23.1. The Bertz CT molecular complexity index is 1620. The highest BCUT2D eigenvalue weighted by Crippen LogP contribution is 2.52. The molecule has 41 heavy (non-hydrogen) atoms. The van der Waals surface area contributed by atoms with Crippen LogP contribution in [0.2, 0.25) is 0 Å². The van der Waals surface area contributed by atoms with E-state index in [-0.39, 0.29) is 34.1 Å². The van der Waals surface area contributed by atoms with Gasteiger partial charge in [0.25, 0.3) is 5.56 Å². The van der Waals surface area contributed by atoms with E-state index >= 15 is 0 Å². The Labute approximate surface area is 233 Å². The third-order valence-electron chi connectivity index (χ3n) is 7.58. The first-order chi connectivity index (χ1) is 19.2. The highest BCUT2D eigenvalue weighted by atomic mass is 19.1. The molecule has 2 aliphatic rings. The number of H-pyrrole nitrogens is 1. The van der Waals surface area contributed by atoms with Crippen LogP contribution < -0.4 is 10.5 Å². The summed E-state index contributed by atoms with van der Waals surface area (Å²) in [6.07, 6.45) is -1.86. The second-order valence-corrected chi connectivity index (χ2v) is 11.4. The number of aromatic amines is 1. The van der Waals surface area contributed by atoms with Crippen molar-refractivity contribution >= 4 is 34.4 Å². The lowest BCUT2D eigenvalue weighted by atomic mass is 9.86. The predicted octanol–water partition coefficient (Wildman–Crippen LogP) is 4.13. The van der Waals surface area contributed by atoms with Gasteiger partial charge >= 0.3 is 6.09 Å². The Morgan fingerprint density at radius 2 is 1.73 bits per heavy atom. The second kappa shape index (κ2) is 10.0. The van der Waals surface area contributed by atoms with E-state index in [9.17, 15) is 33.1 Å². The van der Waals surface area contributed by atoms with Crippen molar-refractivity contribution in [3.8, 4) is 0 Å². The van der Waals surface area contributed by atoms with E-state index in [1.54, 1.807) is 27.7 Å². The number of halogens is 2. The third-order valence-corrected chi connectivity index (χ3v) is 7.58. The number of likely N-dealkylation sites (tertiary alicyclic amines) is 1. The molecule has 5 atom stereocenters. The standard InChI is InChI=1S/C29H30F2N4O6/c1-6-19(36)20-13(2)26(38)35(27(20)39)24-22-21-17(25(37)33-32-22)11-16(31)12-18(21)34(28(40)41-29(3,4)5)23(24)14-7-9-15(30)10-8-14/h7-13,19-20,23-24,36H,6H2,1-5H3,(H,33,37). The first-order valence-corrected chi connectivity index (χ1v) is 13.3. The molecule has 10 nitrogen and oxygen atoms in total. The maximum atomic E-state index is 15.0. The van der Waals surface area contributed by atoms with Crippen molar-refractivity contribution in [1.29, 1.82) is 0 Å². The molecule has 3 heterocycles. The molecule has 0 radical (unpaired) electrons. The Morgan fingerprint density at radius 3 is 2.34 bits per heavy atom. The Morgan fingerprint density at radius 1 is 1.07 bits per heavy atom. The monoisotopic (exact) mass is 568 g/mol. The van der Waals surface area contributed by atoms with E-state index in [1.165, 1.54) is 19.1 Å². The van der Waals surface area contributed by atoms with Gasteiger partial charge in [-0.05, 0) is 57.0 Å². The summed E-state index contributed by atoms with van der Waals surface area (Å²) in [5.74, 6) is -4.69. The molecule has 0 saturated carbocycles. The molecule has 3 amide bonds. The molecule has 2 aromatic carbocycles. The summed E-state index contributed by atoms with van der Waals surface area (Å²) >= 11 is 0. The van der Waals surface area contributed by atoms with Crippen LogP contribution in [0.4, 0.5) is 19.3 Å². The normalized spacial score (nSPS) is 23.3. The third kappa shape index (κ3) is 4.65. The second-order valence-electron chi connectivity index (χ2n) is 11.4. The minimum atomic E-state index is -1.35. The van der Waals surface area contributed by atoms with Gasteiger partial charge in [0, 0.05) is 11.3 Å². The molecule has 5 unspecified atom stereocenters. The zero-order chi connectivity index (χ0) is 30.0. The number of nitrogens with one attached hydrogen (secondary N) is 1. The van der Waals surface area contributed by atoms with Gasteiger partial charge in [0.2, 0.25) is 11.8 Å². The first-order valence-electron chi connectivity index (χ1n) is 13.3. The number of ether oxygens (including phenoxy) is 1. The summed E-state index contributed by atoms with van der Waals surface area (Å²) in [6, 6.07) is 4.47. The highest BCUT2D eigenvalue weighted by Gasteiger charge is 2.56. The number of nitrogens with zero attached hydrogens (tertiary/aromatic N) is 3. The highest BCUT2D eigenvalue weighted by molar-refractivity contribution is 6.09. The summed E-state index contributed by atoms with van der Waals surface area (Å²) in [5.41, 5.74) is -1.51. The average molecular weight is 569 g/mol. The zero-order valence-electron chi connectivity index (χ0n) is 23.1. The maximum absolute atomic E-state index is 15.0. The van der Waals surface area contributed by atoms with Crippen LogP contribution in [0.1, 0.15) is 64.4 Å². The average Bonchev–Trinajstić information content (AvgIpc) is 3.11. The van der Waals surface area contributed by atoms with E-state index < -0.39 is 70.7 Å². The lowest BCUT2D eigenvalue weighted by molar-refractivity contribution is -0.144. The van der Waals surface area contributed by atoms with Crippen LogP contribution in [0.25, 0.3) is 10.8 Å². The lowest BCUT2D eigenvalue weighted by Gasteiger charge is -2.44. The molecule has 12 heteroatoms. The van der Waals surface area contributed by atoms with Crippen molar-refractivity contribution < 1.29 is 33.0 Å². The molecular formula is C29H30F2N4O6. The van der Waals surface area contributed by atoms with E-state index in [0.29, 0.717) is 0 Å². The largest absolute Gasteiger partial charge is 0.443 e. The van der Waals surface area contributed by atoms with Gasteiger partial charge in [0.15, 0.2) is 0 Å². The number of anilines is 1. The van der Waals surface area contributed by atoms with Crippen molar-refractivity contribution in [2.24, 2.45) is 11.8 Å². The molecule has 3 aromatic rings. The Kier molecular flexibility index (Phi) is 6.93. The van der Waals surface area contributed by atoms with Gasteiger partial charge in [0.1, 0.15) is 23.3 Å². The van der Waals surface area contributed by atoms with Crippen LogP contribution in [-0.2, 0) is 14.3 Å². The minimum absolute atomic E-state index is 0.0317. The van der Waals surface area contributed by atoms with Gasteiger partial charge in [0.05, 0.1) is 34.8 Å². The van der Waals surface area contributed by atoms with Crippen LogP contribution in [-0.4, -0.2) is 49.8 Å². The molecule has 0 aliphatic carbocycles. The molecular weight excluding hydrogens is 538 g/mol. The number of hydrogen-bond acceptors (Lipinski definition) is 7. The first kappa shape index (κ1) is 28.3. The smallest absolute Gasteiger partial charge is 0.415 e. The summed E-state index contributed by atoms with van der Waals surface area (Å²) in [6.45, 7) is 8.11. The number of carbonyl (C=O) groups is 3. The molecule has 2 aliphatic heterocycles. The van der Waals surface area contributed by atoms with Crippen molar-refractivity contribution in [2.45, 2.75) is 64.8 Å². The Balaban J connectivity index is 1.86. The van der Waals surface area contributed by atoms with Crippen molar-refractivity contribution in [2.75, 3.05) is 4.90 Å². The topological polar surface area (TPSA) is 133 Å². The molecule has 2 N–H and O–H groups in total. The molecule has 0 bridgehead atoms. The number of rotatable bonds is 4. The summed E-state index contributed by atoms with van der Waals surface area (Å²) in [5, 5.41) is 17.1. The number of aliphatic hydroxyl groups excluding tert-OH is 1. The van der Waals surface area contributed by atoms with Crippen molar-refractivity contribution in [1.82, 2.24) is 15.1 Å². The number of carbonyl (C=O) groups excluding carboxylic acids is 3. The number of imide groups is 1. The predicted molar refractivity (Wildman–Crippen MR) is 144 cm³/mol. The SMILES string of the molecule is CCC(O)C1C(=O)N(C2c3n[nH]c(=O)c4cc(F)cc(c34)N(C(=O)OC(C)(C)C)C2c2ccc(F)cc2)C(=O)C1C. The van der Waals surface area contributed by atoms with Gasteiger partial charge in [-0.25, -0.2) is 18.7 Å². The van der Waals surface area contributed by atoms with E-state index in [0.717, 1.165) is 34.1 Å². The molecule has 1 aromatic heterocycles. The van der Waals surface area contributed by atoms with E-state index in [2.05, 4.69) is 10.2 Å². The number of benzene rings is 2. The van der Waals surface area contributed by atoms with Crippen molar-refractivity contribution in [3.63, 3.8) is 0 Å². The molecule has 1 saturated heterocycles. The van der Waals surface area contributed by atoms with Crippen LogP contribution in [0, 0.1) is 23.5 Å². The van der Waals surface area contributed by atoms with E-state index in [1.807, 2.05) is 0 Å². The fourth-order valence-corrected chi connectivity index (χ4v) is 5.77. The quantitative estimate of drug-likeness (QED) is 0.452. The van der Waals surface area contributed by atoms with Crippen LogP contribution >= 0.6 is 0 Å². The molecule has 1 fully saturated rings. The van der Waals surface area contributed by atoms with Crippen LogP contribution in [0.15, 0.2) is 41.2 Å². The van der Waals surface area contributed by atoms with Gasteiger partial charge in [-0.3, -0.25) is 24.2 Å². The molecule has 5 rings (SSSR count). The fourth-order valence-electron chi connectivity index (χ4n) is 5.77.